The molecule has 0 aliphatic heterocycles. The van der Waals surface area contributed by atoms with Crippen LogP contribution in [0.3, 0.4) is 0 Å². The summed E-state index contributed by atoms with van der Waals surface area (Å²) in [5.41, 5.74) is 5.47. The molecule has 2 N–H and O–H groups in total. The lowest BCUT2D eigenvalue weighted by Gasteiger charge is -2.37. The highest BCUT2D eigenvalue weighted by atomic mass is 35.5. The van der Waals surface area contributed by atoms with Crippen molar-refractivity contribution in [2.24, 2.45) is 5.73 Å². The Kier molecular flexibility index (Phi) is 4.21. The molecule has 0 radical (unpaired) electrons. The summed E-state index contributed by atoms with van der Waals surface area (Å²) in [4.78, 5) is 0. The minimum absolute atomic E-state index is 0.387. The van der Waals surface area contributed by atoms with Crippen LogP contribution >= 0.6 is 11.6 Å². The predicted octanol–water partition coefficient (Wildman–Crippen LogP) is 1.49. The van der Waals surface area contributed by atoms with Crippen LogP contribution in [-0.4, -0.2) is 26.1 Å². The maximum Gasteiger partial charge on any atom is 0.0577 e. The van der Waals surface area contributed by atoms with Crippen LogP contribution < -0.4 is 5.73 Å². The molecule has 0 fully saturated rings. The zero-order chi connectivity index (χ0) is 9.99. The Hall–Kier alpha value is 0.400. The summed E-state index contributed by atoms with van der Waals surface area (Å²) in [5, 5.41) is 0. The second-order valence-corrected chi connectivity index (χ2v) is 6.47. The zero-order valence-electron chi connectivity index (χ0n) is 8.19. The van der Waals surface area contributed by atoms with Crippen molar-refractivity contribution in [3.63, 3.8) is 0 Å². The van der Waals surface area contributed by atoms with Gasteiger partial charge in [-0.25, -0.2) is 0 Å². The van der Waals surface area contributed by atoms with Crippen LogP contribution in [0.15, 0.2) is 0 Å². The first-order valence-corrected chi connectivity index (χ1v) is 5.82. The van der Waals surface area contributed by atoms with Crippen LogP contribution in [0.5, 0.6) is 0 Å². The Morgan fingerprint density at radius 2 is 1.75 bits per heavy atom. The van der Waals surface area contributed by atoms with E-state index in [1.165, 1.54) is 0 Å². The highest BCUT2D eigenvalue weighted by molar-refractivity contribution is 7.86. The van der Waals surface area contributed by atoms with E-state index < -0.39 is 16.3 Å². The lowest BCUT2D eigenvalue weighted by molar-refractivity contribution is 0.401. The second kappa shape index (κ2) is 4.07. The van der Waals surface area contributed by atoms with Gasteiger partial charge in [0.2, 0.25) is 0 Å². The first-order valence-electron chi connectivity index (χ1n) is 3.97. The normalized spacial score (nSPS) is 16.2. The first kappa shape index (κ1) is 12.4. The van der Waals surface area contributed by atoms with Gasteiger partial charge in [0.05, 0.1) is 4.75 Å². The van der Waals surface area contributed by atoms with Gasteiger partial charge in [-0.05, 0) is 27.7 Å². The largest absolute Gasteiger partial charge is 0.324 e. The molecule has 74 valence electrons. The highest BCUT2D eigenvalue weighted by Crippen LogP contribution is 2.25. The summed E-state index contributed by atoms with van der Waals surface area (Å²) in [5.74, 6) is 0.932. The van der Waals surface area contributed by atoms with E-state index >= 15 is 0 Å². The molecule has 0 heterocycles. The summed E-state index contributed by atoms with van der Waals surface area (Å²) < 4.78 is 11.3. The van der Waals surface area contributed by atoms with Crippen molar-refractivity contribution in [1.29, 1.82) is 0 Å². The van der Waals surface area contributed by atoms with E-state index in [9.17, 15) is 4.21 Å². The quantitative estimate of drug-likeness (QED) is 0.717. The molecule has 0 rings (SSSR count). The van der Waals surface area contributed by atoms with Crippen molar-refractivity contribution in [2.75, 3.05) is 11.6 Å². The van der Waals surface area contributed by atoms with Gasteiger partial charge in [0.1, 0.15) is 0 Å². The molecule has 0 saturated carbocycles. The molecule has 0 spiro atoms. The third kappa shape index (κ3) is 2.71. The standard InChI is InChI=1S/C8H18ClNOS/c1-7(2,10)8(3,4)12(11)6-5-9/h5-6,10H2,1-4H3. The lowest BCUT2D eigenvalue weighted by Crippen LogP contribution is -2.55. The van der Waals surface area contributed by atoms with Crippen LogP contribution in [0, 0.1) is 0 Å². The lowest BCUT2D eigenvalue weighted by atomic mass is 9.91. The summed E-state index contributed by atoms with van der Waals surface area (Å²) in [7, 11) is -0.957. The monoisotopic (exact) mass is 211 g/mol. The van der Waals surface area contributed by atoms with Gasteiger partial charge in [-0.3, -0.25) is 4.21 Å². The second-order valence-electron chi connectivity index (χ2n) is 3.97. The van der Waals surface area contributed by atoms with Crippen molar-refractivity contribution >= 4 is 22.4 Å². The Bertz CT molecular complexity index is 174. The van der Waals surface area contributed by atoms with Crippen LogP contribution in [0.25, 0.3) is 0 Å². The third-order valence-corrected chi connectivity index (χ3v) is 5.04. The van der Waals surface area contributed by atoms with Crippen molar-refractivity contribution in [3.05, 3.63) is 0 Å². The van der Waals surface area contributed by atoms with Gasteiger partial charge in [-0.15, -0.1) is 11.6 Å². The summed E-state index contributed by atoms with van der Waals surface area (Å²) >= 11 is 5.52. The minimum Gasteiger partial charge on any atom is -0.324 e. The van der Waals surface area contributed by atoms with Crippen molar-refractivity contribution in [2.45, 2.75) is 38.0 Å². The van der Waals surface area contributed by atoms with Crippen LogP contribution in [-0.2, 0) is 10.8 Å². The topological polar surface area (TPSA) is 43.1 Å². The molecule has 1 unspecified atom stereocenters. The molecule has 0 aromatic carbocycles. The Labute approximate surface area is 82.3 Å². The molecule has 12 heavy (non-hydrogen) atoms. The van der Waals surface area contributed by atoms with Gasteiger partial charge in [0, 0.05) is 28.0 Å². The summed E-state index contributed by atoms with van der Waals surface area (Å²) in [6.07, 6.45) is 0. The zero-order valence-corrected chi connectivity index (χ0v) is 9.76. The molecular weight excluding hydrogens is 194 g/mol. The fraction of sp³-hybridized carbons (Fsp3) is 1.00. The van der Waals surface area contributed by atoms with Crippen LogP contribution in [0.1, 0.15) is 27.7 Å². The molecule has 2 nitrogen and oxygen atoms in total. The van der Waals surface area contributed by atoms with Crippen molar-refractivity contribution in [3.8, 4) is 0 Å². The maximum absolute atomic E-state index is 11.7. The van der Waals surface area contributed by atoms with Crippen molar-refractivity contribution in [1.82, 2.24) is 0 Å². The van der Waals surface area contributed by atoms with Gasteiger partial charge in [-0.1, -0.05) is 0 Å². The van der Waals surface area contributed by atoms with Crippen molar-refractivity contribution < 1.29 is 4.21 Å². The Morgan fingerprint density at radius 3 is 2.00 bits per heavy atom. The molecule has 1 atom stereocenters. The van der Waals surface area contributed by atoms with E-state index in [1.54, 1.807) is 0 Å². The van der Waals surface area contributed by atoms with E-state index in [0.29, 0.717) is 11.6 Å². The fourth-order valence-corrected chi connectivity index (χ4v) is 2.28. The number of rotatable bonds is 4. The van der Waals surface area contributed by atoms with Crippen LogP contribution in [0.4, 0.5) is 0 Å². The fourth-order valence-electron chi connectivity index (χ4n) is 0.619. The Balaban J connectivity index is 4.50. The average Bonchev–Trinajstić information content (AvgIpc) is 1.85. The van der Waals surface area contributed by atoms with Gasteiger partial charge in [0.25, 0.3) is 0 Å². The SMILES string of the molecule is CC(C)(N)C(C)(C)S(=O)CCCl. The number of hydrogen-bond donors (Lipinski definition) is 1. The molecule has 4 heteroatoms. The van der Waals surface area contributed by atoms with E-state index in [-0.39, 0.29) is 4.75 Å². The number of hydrogen-bond acceptors (Lipinski definition) is 2. The van der Waals surface area contributed by atoms with E-state index in [4.69, 9.17) is 17.3 Å². The number of nitrogens with two attached hydrogens (primary N) is 1. The van der Waals surface area contributed by atoms with Gasteiger partial charge < -0.3 is 5.73 Å². The molecule has 0 aliphatic carbocycles. The number of halogens is 1. The molecule has 0 bridgehead atoms. The minimum atomic E-state index is -0.957. The molecule has 0 aromatic heterocycles. The number of alkyl halides is 1. The predicted molar refractivity (Wildman–Crippen MR) is 56.1 cm³/mol. The third-order valence-electron chi connectivity index (χ3n) is 2.38. The molecule has 0 amide bonds. The smallest absolute Gasteiger partial charge is 0.0577 e. The molecular formula is C8H18ClNOS. The van der Waals surface area contributed by atoms with Gasteiger partial charge in [-0.2, -0.15) is 0 Å². The summed E-state index contributed by atoms with van der Waals surface area (Å²) in [6.45, 7) is 7.60. The van der Waals surface area contributed by atoms with E-state index in [0.717, 1.165) is 0 Å². The Morgan fingerprint density at radius 1 is 1.33 bits per heavy atom. The molecule has 0 aliphatic rings. The van der Waals surface area contributed by atoms with Gasteiger partial charge >= 0.3 is 0 Å². The first-order chi connectivity index (χ1) is 5.23. The summed E-state index contributed by atoms with van der Waals surface area (Å²) in [6, 6.07) is 0. The van der Waals surface area contributed by atoms with E-state index in [2.05, 4.69) is 0 Å². The molecule has 0 saturated heterocycles. The van der Waals surface area contributed by atoms with Crippen LogP contribution in [0.2, 0.25) is 0 Å². The van der Waals surface area contributed by atoms with Gasteiger partial charge in [0.15, 0.2) is 0 Å². The molecule has 0 aromatic rings. The van der Waals surface area contributed by atoms with E-state index in [1.807, 2.05) is 27.7 Å². The maximum atomic E-state index is 11.7. The highest BCUT2D eigenvalue weighted by Gasteiger charge is 2.38. The average molecular weight is 212 g/mol.